The van der Waals surface area contributed by atoms with Crippen LogP contribution in [0.25, 0.3) is 0 Å². The number of ketones is 1. The highest BCUT2D eigenvalue weighted by Crippen LogP contribution is 2.52. The van der Waals surface area contributed by atoms with Crippen LogP contribution in [0.5, 0.6) is 0 Å². The van der Waals surface area contributed by atoms with Crippen LogP contribution in [0.3, 0.4) is 0 Å². The van der Waals surface area contributed by atoms with Gasteiger partial charge in [-0.05, 0) is 18.9 Å². The number of carbonyl (C=O) groups excluding carboxylic acids is 4. The van der Waals surface area contributed by atoms with Crippen LogP contribution < -0.4 is 0 Å². The number of hydrogen-bond acceptors (Lipinski definition) is 7. The van der Waals surface area contributed by atoms with Gasteiger partial charge in [-0.2, -0.15) is 0 Å². The molecule has 0 spiro atoms. The number of ether oxygens (including phenoxy) is 3. The predicted molar refractivity (Wildman–Crippen MR) is 67.8 cm³/mol. The maximum Gasteiger partial charge on any atom is 0.323 e. The summed E-state index contributed by atoms with van der Waals surface area (Å²) in [4.78, 5) is 47.7. The molecule has 114 valence electrons. The number of fused-ring (bicyclic) bond motifs is 1. The molecule has 1 fully saturated rings. The van der Waals surface area contributed by atoms with E-state index in [1.54, 1.807) is 0 Å². The van der Waals surface area contributed by atoms with Gasteiger partial charge in [-0.3, -0.25) is 19.2 Å². The zero-order valence-electron chi connectivity index (χ0n) is 12.0. The van der Waals surface area contributed by atoms with Gasteiger partial charge in [-0.15, -0.1) is 0 Å². The van der Waals surface area contributed by atoms with Gasteiger partial charge < -0.3 is 14.2 Å². The molecule has 0 aliphatic heterocycles. The summed E-state index contributed by atoms with van der Waals surface area (Å²) in [5, 5.41) is 0. The summed E-state index contributed by atoms with van der Waals surface area (Å²) < 4.78 is 14.0. The minimum absolute atomic E-state index is 0.00366. The normalized spacial score (nSPS) is 25.9. The summed E-state index contributed by atoms with van der Waals surface area (Å²) in [5.74, 6) is -3.99. The van der Waals surface area contributed by atoms with Crippen LogP contribution in [0.2, 0.25) is 0 Å². The van der Waals surface area contributed by atoms with E-state index in [4.69, 9.17) is 9.47 Å². The van der Waals surface area contributed by atoms with Crippen LogP contribution in [-0.4, -0.2) is 45.0 Å². The van der Waals surface area contributed by atoms with Crippen molar-refractivity contribution in [3.8, 4) is 0 Å². The zero-order valence-corrected chi connectivity index (χ0v) is 12.0. The van der Waals surface area contributed by atoms with Crippen LogP contribution in [0.1, 0.15) is 12.8 Å². The number of allylic oxidation sites excluding steroid dienone is 2. The molecule has 2 atom stereocenters. The minimum Gasteiger partial charge on any atom is -0.468 e. The summed E-state index contributed by atoms with van der Waals surface area (Å²) in [5.41, 5.74) is -0.904. The Labute approximate surface area is 121 Å². The molecule has 0 radical (unpaired) electrons. The molecule has 2 rings (SSSR count). The van der Waals surface area contributed by atoms with Gasteiger partial charge in [0, 0.05) is 5.92 Å². The van der Waals surface area contributed by atoms with Gasteiger partial charge >= 0.3 is 17.9 Å². The van der Waals surface area contributed by atoms with E-state index in [2.05, 4.69) is 4.74 Å². The molecule has 0 unspecified atom stereocenters. The standard InChI is InChI=1S/C14H16O7/c1-19-11(16)10-8-6-14(12(17)20-2,13(18)21-3)5-7(8)4-9(10)15/h4,8,10H,5-6H2,1-3H3/t8-,10-/m1/s1. The van der Waals surface area contributed by atoms with Gasteiger partial charge in [0.25, 0.3) is 0 Å². The number of carbonyl (C=O) groups is 4. The Balaban J connectivity index is 2.39. The maximum atomic E-state index is 12.0. The van der Waals surface area contributed by atoms with Crippen molar-refractivity contribution in [2.24, 2.45) is 17.3 Å². The minimum atomic E-state index is -1.49. The van der Waals surface area contributed by atoms with Crippen molar-refractivity contribution >= 4 is 23.7 Å². The van der Waals surface area contributed by atoms with Crippen molar-refractivity contribution in [2.75, 3.05) is 21.3 Å². The van der Waals surface area contributed by atoms with E-state index in [-0.39, 0.29) is 18.6 Å². The van der Waals surface area contributed by atoms with E-state index >= 15 is 0 Å². The Kier molecular flexibility index (Phi) is 3.85. The van der Waals surface area contributed by atoms with Crippen molar-refractivity contribution in [3.63, 3.8) is 0 Å². The topological polar surface area (TPSA) is 96.0 Å². The van der Waals surface area contributed by atoms with Gasteiger partial charge in [0.1, 0.15) is 5.92 Å². The largest absolute Gasteiger partial charge is 0.468 e. The van der Waals surface area contributed by atoms with E-state index in [1.165, 1.54) is 27.4 Å². The smallest absolute Gasteiger partial charge is 0.323 e. The Morgan fingerprint density at radius 2 is 1.67 bits per heavy atom. The fourth-order valence-corrected chi connectivity index (χ4v) is 3.21. The van der Waals surface area contributed by atoms with Gasteiger partial charge in [0.2, 0.25) is 0 Å². The lowest BCUT2D eigenvalue weighted by atomic mass is 9.82. The van der Waals surface area contributed by atoms with Crippen molar-refractivity contribution in [2.45, 2.75) is 12.8 Å². The Hall–Kier alpha value is -2.18. The molecule has 0 heterocycles. The molecule has 0 N–H and O–H groups in total. The molecule has 0 bridgehead atoms. The van der Waals surface area contributed by atoms with Crippen molar-refractivity contribution in [1.29, 1.82) is 0 Å². The van der Waals surface area contributed by atoms with E-state index in [0.29, 0.717) is 5.57 Å². The van der Waals surface area contributed by atoms with Crippen LogP contribution in [-0.2, 0) is 33.4 Å². The summed E-state index contributed by atoms with van der Waals surface area (Å²) in [7, 11) is 3.55. The highest BCUT2D eigenvalue weighted by atomic mass is 16.5. The molecule has 0 aromatic carbocycles. The van der Waals surface area contributed by atoms with Gasteiger partial charge in [0.05, 0.1) is 21.3 Å². The third kappa shape index (κ3) is 2.12. The summed E-state index contributed by atoms with van der Waals surface area (Å²) in [6.07, 6.45) is 1.35. The van der Waals surface area contributed by atoms with Crippen LogP contribution in [0.15, 0.2) is 11.6 Å². The molecule has 0 saturated heterocycles. The van der Waals surface area contributed by atoms with E-state index in [9.17, 15) is 19.2 Å². The second-order valence-electron chi connectivity index (χ2n) is 5.18. The summed E-state index contributed by atoms with van der Waals surface area (Å²) in [6, 6.07) is 0. The Morgan fingerprint density at radius 3 is 2.14 bits per heavy atom. The molecular weight excluding hydrogens is 280 g/mol. The number of methoxy groups -OCH3 is 3. The molecule has 1 saturated carbocycles. The van der Waals surface area contributed by atoms with Gasteiger partial charge in [-0.25, -0.2) is 0 Å². The SMILES string of the molecule is COC(=O)[C@H]1C(=O)C=C2CC(C(=O)OC)(C(=O)OC)C[C@H]21. The maximum absolute atomic E-state index is 12.0. The lowest BCUT2D eigenvalue weighted by Crippen LogP contribution is -2.40. The first kappa shape index (κ1) is 15.2. The first-order valence-electron chi connectivity index (χ1n) is 6.40. The van der Waals surface area contributed by atoms with E-state index in [1.807, 2.05) is 0 Å². The number of hydrogen-bond donors (Lipinski definition) is 0. The third-order valence-corrected chi connectivity index (χ3v) is 4.19. The Bertz CT molecular complexity index is 530. The van der Waals surface area contributed by atoms with Gasteiger partial charge in [-0.1, -0.05) is 5.57 Å². The summed E-state index contributed by atoms with van der Waals surface area (Å²) >= 11 is 0. The number of esters is 3. The molecule has 7 heteroatoms. The molecule has 2 aliphatic rings. The molecule has 7 nitrogen and oxygen atoms in total. The lowest BCUT2D eigenvalue weighted by Gasteiger charge is -2.24. The Morgan fingerprint density at radius 1 is 1.10 bits per heavy atom. The fraction of sp³-hybridized carbons (Fsp3) is 0.571. The van der Waals surface area contributed by atoms with Crippen LogP contribution in [0.4, 0.5) is 0 Å². The molecule has 0 aromatic heterocycles. The molecule has 0 amide bonds. The van der Waals surface area contributed by atoms with Crippen LogP contribution >= 0.6 is 0 Å². The fourth-order valence-electron chi connectivity index (χ4n) is 3.21. The molecule has 0 aromatic rings. The van der Waals surface area contributed by atoms with E-state index in [0.717, 1.165) is 0 Å². The second-order valence-corrected chi connectivity index (χ2v) is 5.18. The van der Waals surface area contributed by atoms with Crippen molar-refractivity contribution in [3.05, 3.63) is 11.6 Å². The highest BCUT2D eigenvalue weighted by molar-refractivity contribution is 6.10. The van der Waals surface area contributed by atoms with E-state index < -0.39 is 35.2 Å². The molecule has 21 heavy (non-hydrogen) atoms. The monoisotopic (exact) mass is 296 g/mol. The molecular formula is C14H16O7. The van der Waals surface area contributed by atoms with Gasteiger partial charge in [0.15, 0.2) is 11.2 Å². The average Bonchev–Trinajstić information content (AvgIpc) is 2.98. The second kappa shape index (κ2) is 5.31. The van der Waals surface area contributed by atoms with Crippen molar-refractivity contribution < 1.29 is 33.4 Å². The average molecular weight is 296 g/mol. The first-order valence-corrected chi connectivity index (χ1v) is 6.40. The first-order chi connectivity index (χ1) is 9.91. The quantitative estimate of drug-likeness (QED) is 0.412. The summed E-state index contributed by atoms with van der Waals surface area (Å²) in [6.45, 7) is 0. The third-order valence-electron chi connectivity index (χ3n) is 4.19. The predicted octanol–water partition coefficient (Wildman–Crippen LogP) is 0.0271. The van der Waals surface area contributed by atoms with Crippen LogP contribution in [0, 0.1) is 17.3 Å². The highest BCUT2D eigenvalue weighted by Gasteiger charge is 2.60. The zero-order chi connectivity index (χ0) is 15.8. The van der Waals surface area contributed by atoms with Crippen molar-refractivity contribution in [1.82, 2.24) is 0 Å². The molecule has 2 aliphatic carbocycles. The lowest BCUT2D eigenvalue weighted by molar-refractivity contribution is -0.169. The number of rotatable bonds is 3.